The SMILES string of the molecule is CN(C)c1ccc(-n2c(SCC(=O)O)n[nH]c2=O)cc1. The number of thioether (sulfide) groups is 1. The highest BCUT2D eigenvalue weighted by molar-refractivity contribution is 7.99. The third-order valence-corrected chi connectivity index (χ3v) is 3.51. The summed E-state index contributed by atoms with van der Waals surface area (Å²) < 4.78 is 1.35. The number of carbonyl (C=O) groups is 1. The lowest BCUT2D eigenvalue weighted by Crippen LogP contribution is -2.16. The Morgan fingerprint density at radius 1 is 1.40 bits per heavy atom. The van der Waals surface area contributed by atoms with E-state index in [0.29, 0.717) is 10.8 Å². The first-order valence-electron chi connectivity index (χ1n) is 5.79. The summed E-state index contributed by atoms with van der Waals surface area (Å²) in [4.78, 5) is 24.3. The first kappa shape index (κ1) is 14.2. The number of H-pyrrole nitrogens is 1. The van der Waals surface area contributed by atoms with E-state index < -0.39 is 11.7 Å². The minimum Gasteiger partial charge on any atom is -0.481 e. The number of carboxylic acids is 1. The maximum Gasteiger partial charge on any atom is 0.348 e. The van der Waals surface area contributed by atoms with Crippen molar-refractivity contribution in [1.29, 1.82) is 0 Å². The lowest BCUT2D eigenvalue weighted by atomic mass is 10.2. The van der Waals surface area contributed by atoms with Crippen molar-refractivity contribution in [3.8, 4) is 5.69 Å². The summed E-state index contributed by atoms with van der Waals surface area (Å²) in [7, 11) is 3.85. The molecule has 106 valence electrons. The predicted octanol–water partition coefficient (Wildman–Crippen LogP) is 0.803. The predicted molar refractivity (Wildman–Crippen MR) is 76.9 cm³/mol. The van der Waals surface area contributed by atoms with Gasteiger partial charge < -0.3 is 10.0 Å². The maximum absolute atomic E-state index is 11.8. The van der Waals surface area contributed by atoms with Crippen LogP contribution in [0, 0.1) is 0 Å². The summed E-state index contributed by atoms with van der Waals surface area (Å²) in [6.45, 7) is 0. The molecule has 8 heteroatoms. The first-order chi connectivity index (χ1) is 9.49. The summed E-state index contributed by atoms with van der Waals surface area (Å²) in [6, 6.07) is 7.33. The first-order valence-corrected chi connectivity index (χ1v) is 6.77. The molecule has 2 aromatic rings. The molecule has 0 spiro atoms. The van der Waals surface area contributed by atoms with Gasteiger partial charge in [-0.2, -0.15) is 0 Å². The van der Waals surface area contributed by atoms with Gasteiger partial charge in [0.25, 0.3) is 0 Å². The van der Waals surface area contributed by atoms with Crippen molar-refractivity contribution in [1.82, 2.24) is 14.8 Å². The standard InChI is InChI=1S/C12H14N4O3S/c1-15(2)8-3-5-9(6-4-8)16-11(19)13-14-12(16)20-7-10(17)18/h3-6H,7H2,1-2H3,(H,13,19)(H,17,18). The molecule has 1 heterocycles. The fraction of sp³-hybridized carbons (Fsp3) is 0.250. The largest absolute Gasteiger partial charge is 0.481 e. The number of anilines is 1. The Balaban J connectivity index is 2.34. The van der Waals surface area contributed by atoms with E-state index in [4.69, 9.17) is 5.11 Å². The summed E-state index contributed by atoms with van der Waals surface area (Å²) >= 11 is 0.992. The minimum atomic E-state index is -0.958. The van der Waals surface area contributed by atoms with Gasteiger partial charge in [-0.3, -0.25) is 4.79 Å². The number of aromatic amines is 1. The second kappa shape index (κ2) is 5.83. The molecule has 2 rings (SSSR count). The molecule has 0 aliphatic carbocycles. The summed E-state index contributed by atoms with van der Waals surface area (Å²) in [5, 5.41) is 15.2. The van der Waals surface area contributed by atoms with Gasteiger partial charge in [-0.25, -0.2) is 14.5 Å². The van der Waals surface area contributed by atoms with E-state index in [9.17, 15) is 9.59 Å². The smallest absolute Gasteiger partial charge is 0.348 e. The van der Waals surface area contributed by atoms with Crippen LogP contribution in [-0.2, 0) is 4.79 Å². The normalized spacial score (nSPS) is 10.5. The van der Waals surface area contributed by atoms with Crippen LogP contribution in [0.25, 0.3) is 5.69 Å². The molecule has 0 amide bonds. The number of benzene rings is 1. The Kier molecular flexibility index (Phi) is 4.14. The van der Waals surface area contributed by atoms with Crippen molar-refractivity contribution in [2.24, 2.45) is 0 Å². The molecule has 0 unspecified atom stereocenters. The quantitative estimate of drug-likeness (QED) is 0.793. The lowest BCUT2D eigenvalue weighted by Gasteiger charge is -2.13. The van der Waals surface area contributed by atoms with E-state index in [1.807, 2.05) is 31.1 Å². The minimum absolute atomic E-state index is 0.153. The molecule has 0 atom stereocenters. The molecular formula is C12H14N4O3S. The molecule has 20 heavy (non-hydrogen) atoms. The average molecular weight is 294 g/mol. The number of nitrogens with one attached hydrogen (secondary N) is 1. The zero-order chi connectivity index (χ0) is 14.7. The van der Waals surface area contributed by atoms with Crippen molar-refractivity contribution in [2.75, 3.05) is 24.7 Å². The van der Waals surface area contributed by atoms with Gasteiger partial charge in [-0.1, -0.05) is 11.8 Å². The van der Waals surface area contributed by atoms with Gasteiger partial charge in [0.05, 0.1) is 11.4 Å². The van der Waals surface area contributed by atoms with Gasteiger partial charge in [0.1, 0.15) is 0 Å². The van der Waals surface area contributed by atoms with E-state index in [1.165, 1.54) is 4.57 Å². The zero-order valence-electron chi connectivity index (χ0n) is 11.0. The lowest BCUT2D eigenvalue weighted by molar-refractivity contribution is -0.133. The second-order valence-corrected chi connectivity index (χ2v) is 5.18. The van der Waals surface area contributed by atoms with Gasteiger partial charge in [-0.05, 0) is 24.3 Å². The van der Waals surface area contributed by atoms with Crippen LogP contribution in [0.2, 0.25) is 0 Å². The number of hydrogen-bond donors (Lipinski definition) is 2. The van der Waals surface area contributed by atoms with E-state index in [2.05, 4.69) is 10.2 Å². The Morgan fingerprint density at radius 2 is 2.05 bits per heavy atom. The van der Waals surface area contributed by atoms with Gasteiger partial charge in [0, 0.05) is 19.8 Å². The van der Waals surface area contributed by atoms with Crippen LogP contribution >= 0.6 is 11.8 Å². The summed E-state index contributed by atoms with van der Waals surface area (Å²) in [5.74, 6) is -1.11. The molecule has 1 aromatic carbocycles. The van der Waals surface area contributed by atoms with Crippen molar-refractivity contribution >= 4 is 23.4 Å². The van der Waals surface area contributed by atoms with Crippen molar-refractivity contribution in [2.45, 2.75) is 5.16 Å². The molecule has 0 radical (unpaired) electrons. The van der Waals surface area contributed by atoms with E-state index in [1.54, 1.807) is 12.1 Å². The highest BCUT2D eigenvalue weighted by atomic mass is 32.2. The molecular weight excluding hydrogens is 280 g/mol. The molecule has 7 nitrogen and oxygen atoms in total. The molecule has 2 N–H and O–H groups in total. The van der Waals surface area contributed by atoms with E-state index in [0.717, 1.165) is 17.4 Å². The monoisotopic (exact) mass is 294 g/mol. The fourth-order valence-electron chi connectivity index (χ4n) is 1.63. The van der Waals surface area contributed by atoms with Crippen molar-refractivity contribution < 1.29 is 9.90 Å². The Morgan fingerprint density at radius 3 is 2.60 bits per heavy atom. The maximum atomic E-state index is 11.8. The molecule has 0 saturated heterocycles. The van der Waals surface area contributed by atoms with Crippen LogP contribution in [0.5, 0.6) is 0 Å². The van der Waals surface area contributed by atoms with E-state index >= 15 is 0 Å². The van der Waals surface area contributed by atoms with Gasteiger partial charge >= 0.3 is 11.7 Å². The molecule has 0 aliphatic rings. The summed E-state index contributed by atoms with van der Waals surface area (Å²) in [5.41, 5.74) is 1.25. The summed E-state index contributed by atoms with van der Waals surface area (Å²) in [6.07, 6.45) is 0. The van der Waals surface area contributed by atoms with Gasteiger partial charge in [0.15, 0.2) is 5.16 Å². The van der Waals surface area contributed by atoms with Gasteiger partial charge in [0.2, 0.25) is 0 Å². The highest BCUT2D eigenvalue weighted by Gasteiger charge is 2.12. The Bertz CT molecular complexity index is 660. The van der Waals surface area contributed by atoms with Crippen LogP contribution in [0.15, 0.2) is 34.2 Å². The number of aliphatic carboxylic acids is 1. The van der Waals surface area contributed by atoms with Crippen LogP contribution in [0.1, 0.15) is 0 Å². The highest BCUT2D eigenvalue weighted by Crippen LogP contribution is 2.19. The number of hydrogen-bond acceptors (Lipinski definition) is 5. The van der Waals surface area contributed by atoms with E-state index in [-0.39, 0.29) is 5.75 Å². The van der Waals surface area contributed by atoms with Crippen LogP contribution < -0.4 is 10.6 Å². The topological polar surface area (TPSA) is 91.2 Å². The van der Waals surface area contributed by atoms with Crippen molar-refractivity contribution in [3.63, 3.8) is 0 Å². The number of nitrogens with zero attached hydrogens (tertiary/aromatic N) is 3. The Labute approximate surface area is 119 Å². The third-order valence-electron chi connectivity index (χ3n) is 2.59. The number of carboxylic acid groups (broad SMARTS) is 1. The van der Waals surface area contributed by atoms with Crippen LogP contribution in [-0.4, -0.2) is 45.7 Å². The van der Waals surface area contributed by atoms with Crippen LogP contribution in [0.3, 0.4) is 0 Å². The zero-order valence-corrected chi connectivity index (χ0v) is 11.8. The molecule has 0 saturated carbocycles. The fourth-order valence-corrected chi connectivity index (χ4v) is 2.31. The molecule has 0 bridgehead atoms. The molecule has 0 aliphatic heterocycles. The van der Waals surface area contributed by atoms with Gasteiger partial charge in [-0.15, -0.1) is 5.10 Å². The van der Waals surface area contributed by atoms with Crippen LogP contribution in [0.4, 0.5) is 5.69 Å². The second-order valence-electron chi connectivity index (χ2n) is 4.24. The number of aromatic nitrogens is 3. The molecule has 1 aromatic heterocycles. The Hall–Kier alpha value is -2.22. The number of rotatable bonds is 5. The van der Waals surface area contributed by atoms with Crippen molar-refractivity contribution in [3.05, 3.63) is 34.7 Å². The average Bonchev–Trinajstić information content (AvgIpc) is 2.77. The molecule has 0 fully saturated rings. The third kappa shape index (κ3) is 3.02.